The van der Waals surface area contributed by atoms with Crippen LogP contribution in [0.3, 0.4) is 0 Å². The number of nitrogens with zero attached hydrogens (tertiary/aromatic N) is 3. The van der Waals surface area contributed by atoms with Gasteiger partial charge in [-0.3, -0.25) is 4.98 Å². The second-order valence-corrected chi connectivity index (χ2v) is 7.18. The van der Waals surface area contributed by atoms with Gasteiger partial charge in [-0.25, -0.2) is 18.5 Å². The van der Waals surface area contributed by atoms with Crippen molar-refractivity contribution in [3.05, 3.63) is 60.3 Å². The smallest absolute Gasteiger partial charge is 0.238 e. The highest BCUT2D eigenvalue weighted by molar-refractivity contribution is 7.89. The minimum absolute atomic E-state index is 0.00464. The summed E-state index contributed by atoms with van der Waals surface area (Å²) in [5, 5.41) is 5.13. The van der Waals surface area contributed by atoms with Gasteiger partial charge in [0.2, 0.25) is 10.0 Å². The van der Waals surface area contributed by atoms with Gasteiger partial charge in [0.15, 0.2) is 0 Å². The molecule has 6 nitrogen and oxygen atoms in total. The third-order valence-electron chi connectivity index (χ3n) is 4.07. The first kappa shape index (κ1) is 16.4. The van der Waals surface area contributed by atoms with Crippen molar-refractivity contribution in [2.24, 2.45) is 5.14 Å². The Bertz CT molecular complexity index is 971. The molecule has 3 rings (SSSR count). The SMILES string of the molecule is CC(c1ccc(S(N)(=O)=O)cc1)N(C)c1cnc2ccccc2n1. The Kier molecular flexibility index (Phi) is 4.21. The molecule has 1 aromatic heterocycles. The van der Waals surface area contributed by atoms with E-state index in [1.54, 1.807) is 18.3 Å². The summed E-state index contributed by atoms with van der Waals surface area (Å²) in [4.78, 5) is 11.1. The fourth-order valence-electron chi connectivity index (χ4n) is 2.48. The highest BCUT2D eigenvalue weighted by Gasteiger charge is 2.15. The molecule has 0 radical (unpaired) electrons. The maximum atomic E-state index is 11.3. The lowest BCUT2D eigenvalue weighted by Crippen LogP contribution is -2.23. The molecule has 1 unspecified atom stereocenters. The zero-order valence-electron chi connectivity index (χ0n) is 13.4. The average Bonchev–Trinajstić information content (AvgIpc) is 2.59. The van der Waals surface area contributed by atoms with Gasteiger partial charge in [-0.05, 0) is 36.8 Å². The molecule has 0 spiro atoms. The number of sulfonamides is 1. The maximum Gasteiger partial charge on any atom is 0.238 e. The predicted octanol–water partition coefficient (Wildman–Crippen LogP) is 2.47. The minimum Gasteiger partial charge on any atom is -0.352 e. The largest absolute Gasteiger partial charge is 0.352 e. The second kappa shape index (κ2) is 6.18. The zero-order valence-corrected chi connectivity index (χ0v) is 14.2. The first-order valence-electron chi connectivity index (χ1n) is 7.43. The van der Waals surface area contributed by atoms with Crippen molar-refractivity contribution in [1.29, 1.82) is 0 Å². The van der Waals surface area contributed by atoms with Crippen LogP contribution in [0.15, 0.2) is 59.6 Å². The molecule has 24 heavy (non-hydrogen) atoms. The third-order valence-corrected chi connectivity index (χ3v) is 5.00. The molecule has 1 heterocycles. The Morgan fingerprint density at radius 2 is 1.67 bits per heavy atom. The number of anilines is 1. The minimum atomic E-state index is -3.68. The summed E-state index contributed by atoms with van der Waals surface area (Å²) in [6, 6.07) is 14.2. The van der Waals surface area contributed by atoms with Gasteiger partial charge in [0, 0.05) is 7.05 Å². The summed E-state index contributed by atoms with van der Waals surface area (Å²) in [5.74, 6) is 0.747. The van der Waals surface area contributed by atoms with Crippen molar-refractivity contribution >= 4 is 26.9 Å². The number of rotatable bonds is 4. The molecule has 0 saturated heterocycles. The summed E-state index contributed by atoms with van der Waals surface area (Å²) >= 11 is 0. The number of aromatic nitrogens is 2. The molecule has 0 aliphatic rings. The van der Waals surface area contributed by atoms with Crippen LogP contribution < -0.4 is 10.0 Å². The lowest BCUT2D eigenvalue weighted by molar-refractivity contribution is 0.597. The van der Waals surface area contributed by atoms with E-state index in [4.69, 9.17) is 5.14 Å². The molecule has 0 bridgehead atoms. The summed E-state index contributed by atoms with van der Waals surface area (Å²) in [6.07, 6.45) is 1.73. The summed E-state index contributed by atoms with van der Waals surface area (Å²) < 4.78 is 22.7. The van der Waals surface area contributed by atoms with Crippen LogP contribution in [-0.2, 0) is 10.0 Å². The van der Waals surface area contributed by atoms with Gasteiger partial charge in [0.25, 0.3) is 0 Å². The number of nitrogens with two attached hydrogens (primary N) is 1. The predicted molar refractivity (Wildman–Crippen MR) is 94.2 cm³/mol. The number of benzene rings is 2. The molecule has 0 aliphatic heterocycles. The molecule has 0 amide bonds. The van der Waals surface area contributed by atoms with E-state index in [9.17, 15) is 8.42 Å². The van der Waals surface area contributed by atoms with Crippen LogP contribution in [0.2, 0.25) is 0 Å². The van der Waals surface area contributed by atoms with Gasteiger partial charge in [0.1, 0.15) is 5.82 Å². The monoisotopic (exact) mass is 342 g/mol. The Morgan fingerprint density at radius 3 is 2.29 bits per heavy atom. The Balaban J connectivity index is 1.89. The van der Waals surface area contributed by atoms with E-state index < -0.39 is 10.0 Å². The zero-order chi connectivity index (χ0) is 17.3. The van der Waals surface area contributed by atoms with Crippen LogP contribution in [-0.4, -0.2) is 25.4 Å². The summed E-state index contributed by atoms with van der Waals surface area (Å²) in [6.45, 7) is 2.02. The van der Waals surface area contributed by atoms with Gasteiger partial charge in [0.05, 0.1) is 28.2 Å². The van der Waals surface area contributed by atoms with Gasteiger partial charge >= 0.3 is 0 Å². The fraction of sp³-hybridized carbons (Fsp3) is 0.176. The van der Waals surface area contributed by atoms with Gasteiger partial charge < -0.3 is 4.90 Å². The second-order valence-electron chi connectivity index (χ2n) is 5.62. The molecule has 1 atom stereocenters. The van der Waals surface area contributed by atoms with E-state index in [0.717, 1.165) is 22.4 Å². The fourth-order valence-corrected chi connectivity index (χ4v) is 2.99. The highest BCUT2D eigenvalue weighted by atomic mass is 32.2. The number of para-hydroxylation sites is 2. The lowest BCUT2D eigenvalue weighted by atomic mass is 10.1. The van der Waals surface area contributed by atoms with Gasteiger partial charge in [-0.15, -0.1) is 0 Å². The number of hydrogen-bond donors (Lipinski definition) is 1. The Hall–Kier alpha value is -2.51. The van der Waals surface area contributed by atoms with E-state index in [1.807, 2.05) is 43.1 Å². The van der Waals surface area contributed by atoms with Crippen molar-refractivity contribution in [3.8, 4) is 0 Å². The van der Waals surface area contributed by atoms with Crippen LogP contribution >= 0.6 is 0 Å². The van der Waals surface area contributed by atoms with Crippen LogP contribution in [0.1, 0.15) is 18.5 Å². The van der Waals surface area contributed by atoms with Crippen LogP contribution in [0.5, 0.6) is 0 Å². The summed E-state index contributed by atoms with van der Waals surface area (Å²) in [5.41, 5.74) is 2.64. The molecule has 0 fully saturated rings. The van der Waals surface area contributed by atoms with Gasteiger partial charge in [-0.1, -0.05) is 24.3 Å². The van der Waals surface area contributed by atoms with E-state index in [2.05, 4.69) is 9.97 Å². The molecule has 0 saturated carbocycles. The van der Waals surface area contributed by atoms with Crippen molar-refractivity contribution in [1.82, 2.24) is 9.97 Å². The highest BCUT2D eigenvalue weighted by Crippen LogP contribution is 2.25. The molecule has 2 aromatic carbocycles. The van der Waals surface area contributed by atoms with E-state index in [0.29, 0.717) is 0 Å². The van der Waals surface area contributed by atoms with Crippen molar-refractivity contribution in [2.75, 3.05) is 11.9 Å². The molecule has 124 valence electrons. The number of fused-ring (bicyclic) bond motifs is 1. The molecule has 2 N–H and O–H groups in total. The maximum absolute atomic E-state index is 11.3. The quantitative estimate of drug-likeness (QED) is 0.787. The normalized spacial score (nSPS) is 13.0. The number of primary sulfonamides is 1. The Morgan fingerprint density at radius 1 is 1.04 bits per heavy atom. The summed E-state index contributed by atoms with van der Waals surface area (Å²) in [7, 11) is -1.75. The van der Waals surface area contributed by atoms with Crippen LogP contribution in [0, 0.1) is 0 Å². The standard InChI is InChI=1S/C17H18N4O2S/c1-12(13-7-9-14(10-8-13)24(18,22)23)21(2)17-11-19-15-5-3-4-6-16(15)20-17/h3-12H,1-2H3,(H2,18,22,23). The molecule has 7 heteroatoms. The van der Waals surface area contributed by atoms with Crippen molar-refractivity contribution in [3.63, 3.8) is 0 Å². The first-order chi connectivity index (χ1) is 11.4. The lowest BCUT2D eigenvalue weighted by Gasteiger charge is -2.26. The molecule has 0 aliphatic carbocycles. The first-order valence-corrected chi connectivity index (χ1v) is 8.98. The average molecular weight is 342 g/mol. The van der Waals surface area contributed by atoms with Crippen molar-refractivity contribution in [2.45, 2.75) is 17.9 Å². The molecular weight excluding hydrogens is 324 g/mol. The van der Waals surface area contributed by atoms with Crippen molar-refractivity contribution < 1.29 is 8.42 Å². The van der Waals surface area contributed by atoms with Crippen LogP contribution in [0.4, 0.5) is 5.82 Å². The van der Waals surface area contributed by atoms with Gasteiger partial charge in [-0.2, -0.15) is 0 Å². The van der Waals surface area contributed by atoms with Crippen LogP contribution in [0.25, 0.3) is 11.0 Å². The Labute approximate surface area is 141 Å². The molecule has 3 aromatic rings. The molecular formula is C17H18N4O2S. The van der Waals surface area contributed by atoms with E-state index in [-0.39, 0.29) is 10.9 Å². The van der Waals surface area contributed by atoms with E-state index >= 15 is 0 Å². The third kappa shape index (κ3) is 3.22. The topological polar surface area (TPSA) is 89.2 Å². The van der Waals surface area contributed by atoms with E-state index in [1.165, 1.54) is 12.1 Å². The number of hydrogen-bond acceptors (Lipinski definition) is 5.